The first kappa shape index (κ1) is 13.3. The second-order valence-corrected chi connectivity index (χ2v) is 4.29. The molecule has 19 heavy (non-hydrogen) atoms. The molecule has 0 radical (unpaired) electrons. The Morgan fingerprint density at radius 1 is 1.26 bits per heavy atom. The molecule has 0 aliphatic heterocycles. The third kappa shape index (κ3) is 2.67. The molecule has 1 N–H and O–H groups in total. The van der Waals surface area contributed by atoms with E-state index >= 15 is 0 Å². The van der Waals surface area contributed by atoms with E-state index in [0.29, 0.717) is 5.56 Å². The van der Waals surface area contributed by atoms with Crippen LogP contribution >= 0.6 is 0 Å². The van der Waals surface area contributed by atoms with Gasteiger partial charge < -0.3 is 4.98 Å². The van der Waals surface area contributed by atoms with E-state index in [1.54, 1.807) is 6.07 Å². The summed E-state index contributed by atoms with van der Waals surface area (Å²) in [6.45, 7) is 3.74. The van der Waals surface area contributed by atoms with Crippen molar-refractivity contribution in [3.63, 3.8) is 0 Å². The maximum atomic E-state index is 12.3. The summed E-state index contributed by atoms with van der Waals surface area (Å²) in [5.41, 5.74) is 2.04. The predicted octanol–water partition coefficient (Wildman–Crippen LogP) is 3.44. The number of nitrogens with zero attached hydrogens (tertiary/aromatic N) is 1. The standard InChI is InChI=1S/C13H11F3N2O/c1-7-3-4-9(8(2)5-7)12-17-6-10(18-12)11(19)13(14,15)16/h3-6H,1-2H3,(H,17,18). The average Bonchev–Trinajstić information content (AvgIpc) is 2.75. The molecule has 0 aliphatic rings. The molecule has 100 valence electrons. The second-order valence-electron chi connectivity index (χ2n) is 4.29. The summed E-state index contributed by atoms with van der Waals surface area (Å²) in [5.74, 6) is -1.67. The lowest BCUT2D eigenvalue weighted by Gasteiger charge is -2.04. The molecule has 2 aromatic rings. The number of alkyl halides is 3. The molecule has 3 nitrogen and oxygen atoms in total. The molecule has 6 heteroatoms. The summed E-state index contributed by atoms with van der Waals surface area (Å²) < 4.78 is 36.8. The fourth-order valence-electron chi connectivity index (χ4n) is 1.81. The number of rotatable bonds is 2. The van der Waals surface area contributed by atoms with Crippen LogP contribution < -0.4 is 0 Å². The zero-order valence-corrected chi connectivity index (χ0v) is 10.3. The number of aryl methyl sites for hydroxylation is 2. The number of H-pyrrole nitrogens is 1. The number of benzene rings is 1. The number of aromatic nitrogens is 2. The van der Waals surface area contributed by atoms with Crippen LogP contribution in [0.2, 0.25) is 0 Å². The third-order valence-corrected chi connectivity index (χ3v) is 2.71. The van der Waals surface area contributed by atoms with Gasteiger partial charge in [0.05, 0.1) is 6.20 Å². The van der Waals surface area contributed by atoms with Gasteiger partial charge in [0.15, 0.2) is 0 Å². The summed E-state index contributed by atoms with van der Waals surface area (Å²) in [7, 11) is 0. The molecule has 0 unspecified atom stereocenters. The van der Waals surface area contributed by atoms with E-state index in [4.69, 9.17) is 0 Å². The molecule has 2 rings (SSSR count). The Morgan fingerprint density at radius 3 is 2.53 bits per heavy atom. The van der Waals surface area contributed by atoms with E-state index < -0.39 is 17.7 Å². The number of carbonyl (C=O) groups is 1. The largest absolute Gasteiger partial charge is 0.456 e. The Morgan fingerprint density at radius 2 is 1.95 bits per heavy atom. The SMILES string of the molecule is Cc1ccc(-c2ncc(C(=O)C(F)(F)F)[nH]2)c(C)c1. The number of hydrogen-bond acceptors (Lipinski definition) is 2. The fraction of sp³-hybridized carbons (Fsp3) is 0.231. The van der Waals surface area contributed by atoms with Gasteiger partial charge in [-0.3, -0.25) is 4.79 Å². The Kier molecular flexibility index (Phi) is 3.18. The number of imidazole rings is 1. The number of ketones is 1. The van der Waals surface area contributed by atoms with Gasteiger partial charge in [-0.15, -0.1) is 0 Å². The lowest BCUT2D eigenvalue weighted by molar-refractivity contribution is -0.0888. The number of nitrogens with one attached hydrogen (secondary N) is 1. The van der Waals surface area contributed by atoms with E-state index in [1.807, 2.05) is 26.0 Å². The fourth-order valence-corrected chi connectivity index (χ4v) is 1.81. The van der Waals surface area contributed by atoms with E-state index in [9.17, 15) is 18.0 Å². The van der Waals surface area contributed by atoms with Crippen molar-refractivity contribution in [1.29, 1.82) is 0 Å². The molecular weight excluding hydrogens is 257 g/mol. The summed E-state index contributed by atoms with van der Waals surface area (Å²) >= 11 is 0. The minimum Gasteiger partial charge on any atom is -0.335 e. The van der Waals surface area contributed by atoms with Crippen molar-refractivity contribution < 1.29 is 18.0 Å². The van der Waals surface area contributed by atoms with Crippen molar-refractivity contribution in [2.24, 2.45) is 0 Å². The Balaban J connectivity index is 2.39. The molecule has 0 atom stereocenters. The van der Waals surface area contributed by atoms with Crippen molar-refractivity contribution in [3.8, 4) is 11.4 Å². The maximum Gasteiger partial charge on any atom is 0.456 e. The number of halogens is 3. The smallest absolute Gasteiger partial charge is 0.335 e. The van der Waals surface area contributed by atoms with Crippen LogP contribution in [0.25, 0.3) is 11.4 Å². The highest BCUT2D eigenvalue weighted by molar-refractivity contribution is 5.98. The van der Waals surface area contributed by atoms with Crippen LogP contribution in [0.3, 0.4) is 0 Å². The van der Waals surface area contributed by atoms with Crippen molar-refractivity contribution >= 4 is 5.78 Å². The highest BCUT2D eigenvalue weighted by Crippen LogP contribution is 2.24. The van der Waals surface area contributed by atoms with Crippen LogP contribution in [-0.4, -0.2) is 21.9 Å². The maximum absolute atomic E-state index is 12.3. The van der Waals surface area contributed by atoms with Crippen LogP contribution in [0.15, 0.2) is 24.4 Å². The van der Waals surface area contributed by atoms with Gasteiger partial charge in [0, 0.05) is 5.56 Å². The second kappa shape index (κ2) is 4.53. The van der Waals surface area contributed by atoms with E-state index in [-0.39, 0.29) is 5.82 Å². The van der Waals surface area contributed by atoms with Crippen LogP contribution in [0, 0.1) is 13.8 Å². The molecule has 0 aliphatic carbocycles. The minimum atomic E-state index is -4.90. The minimum absolute atomic E-state index is 0.255. The molecule has 0 saturated heterocycles. The van der Waals surface area contributed by atoms with Crippen LogP contribution in [-0.2, 0) is 0 Å². The summed E-state index contributed by atoms with van der Waals surface area (Å²) in [6.07, 6.45) is -3.99. The number of carbonyl (C=O) groups excluding carboxylic acids is 1. The van der Waals surface area contributed by atoms with Crippen molar-refractivity contribution in [2.75, 3.05) is 0 Å². The van der Waals surface area contributed by atoms with Gasteiger partial charge >= 0.3 is 6.18 Å². The van der Waals surface area contributed by atoms with Gasteiger partial charge in [-0.1, -0.05) is 23.8 Å². The van der Waals surface area contributed by atoms with E-state index in [1.165, 1.54) is 0 Å². The Hall–Kier alpha value is -2.11. The lowest BCUT2D eigenvalue weighted by atomic mass is 10.1. The third-order valence-electron chi connectivity index (χ3n) is 2.71. The van der Waals surface area contributed by atoms with Gasteiger partial charge in [-0.2, -0.15) is 13.2 Å². The average molecular weight is 268 g/mol. The molecule has 0 bridgehead atoms. The van der Waals surface area contributed by atoms with Gasteiger partial charge in [-0.25, -0.2) is 4.98 Å². The van der Waals surface area contributed by atoms with E-state index in [2.05, 4.69) is 9.97 Å². The normalized spacial score (nSPS) is 11.6. The molecule has 1 aromatic carbocycles. The van der Waals surface area contributed by atoms with Crippen molar-refractivity contribution in [3.05, 3.63) is 41.2 Å². The lowest BCUT2D eigenvalue weighted by Crippen LogP contribution is -2.22. The molecule has 1 heterocycles. The van der Waals surface area contributed by atoms with Gasteiger partial charge in [-0.05, 0) is 19.4 Å². The highest BCUT2D eigenvalue weighted by atomic mass is 19.4. The molecule has 0 amide bonds. The van der Waals surface area contributed by atoms with Crippen LogP contribution in [0.5, 0.6) is 0 Å². The van der Waals surface area contributed by atoms with Crippen molar-refractivity contribution in [2.45, 2.75) is 20.0 Å². The Bertz CT molecular complexity index is 629. The molecular formula is C13H11F3N2O. The zero-order chi connectivity index (χ0) is 14.2. The van der Waals surface area contributed by atoms with Crippen LogP contribution in [0.4, 0.5) is 13.2 Å². The monoisotopic (exact) mass is 268 g/mol. The molecule has 0 saturated carbocycles. The number of Topliss-reactive ketones (excluding diaryl/α,β-unsaturated/α-hetero) is 1. The zero-order valence-electron chi connectivity index (χ0n) is 10.3. The topological polar surface area (TPSA) is 45.8 Å². The summed E-state index contributed by atoms with van der Waals surface area (Å²) in [6, 6.07) is 5.48. The predicted molar refractivity (Wildman–Crippen MR) is 63.9 cm³/mol. The highest BCUT2D eigenvalue weighted by Gasteiger charge is 2.40. The molecule has 0 spiro atoms. The van der Waals surface area contributed by atoms with Crippen LogP contribution in [0.1, 0.15) is 21.6 Å². The first-order valence-corrected chi connectivity index (χ1v) is 5.53. The van der Waals surface area contributed by atoms with Gasteiger partial charge in [0.25, 0.3) is 5.78 Å². The number of hydrogen-bond donors (Lipinski definition) is 1. The number of aromatic amines is 1. The first-order chi connectivity index (χ1) is 8.79. The van der Waals surface area contributed by atoms with Crippen molar-refractivity contribution in [1.82, 2.24) is 9.97 Å². The first-order valence-electron chi connectivity index (χ1n) is 5.53. The summed E-state index contributed by atoms with van der Waals surface area (Å²) in [5, 5.41) is 0. The Labute approximate surface area is 107 Å². The van der Waals surface area contributed by atoms with Gasteiger partial charge in [0.2, 0.25) is 0 Å². The molecule has 0 fully saturated rings. The summed E-state index contributed by atoms with van der Waals surface area (Å²) in [4.78, 5) is 17.3. The quantitative estimate of drug-likeness (QED) is 0.848. The van der Waals surface area contributed by atoms with E-state index in [0.717, 1.165) is 17.3 Å². The van der Waals surface area contributed by atoms with Gasteiger partial charge in [0.1, 0.15) is 11.5 Å². The molecule has 1 aromatic heterocycles.